The first kappa shape index (κ1) is 21.7. The summed E-state index contributed by atoms with van der Waals surface area (Å²) in [5.41, 5.74) is 0.259. The van der Waals surface area contributed by atoms with E-state index in [4.69, 9.17) is 11.6 Å². The Morgan fingerprint density at radius 3 is 2.36 bits per heavy atom. The number of hydrogen-bond acceptors (Lipinski definition) is 5. The van der Waals surface area contributed by atoms with E-state index in [-0.39, 0.29) is 28.3 Å². The highest BCUT2D eigenvalue weighted by Gasteiger charge is 2.26. The minimum Gasteiger partial charge on any atom is -0.270 e. The van der Waals surface area contributed by atoms with Crippen molar-refractivity contribution in [3.63, 3.8) is 0 Å². The molecule has 0 radical (unpaired) electrons. The number of aliphatic imine (C=N–C) groups is 1. The van der Waals surface area contributed by atoms with E-state index in [1.165, 1.54) is 30.9 Å². The molecule has 0 atom stereocenters. The van der Waals surface area contributed by atoms with E-state index >= 15 is 0 Å². The lowest BCUT2D eigenvalue weighted by Gasteiger charge is -2.22. The Morgan fingerprint density at radius 1 is 1.25 bits per heavy atom. The fourth-order valence-electron chi connectivity index (χ4n) is 2.22. The molecule has 11 heteroatoms. The Bertz CT molecular complexity index is 918. The normalized spacial score (nSPS) is 12.4. The summed E-state index contributed by atoms with van der Waals surface area (Å²) >= 11 is 7.60. The van der Waals surface area contributed by atoms with Crippen molar-refractivity contribution in [1.29, 1.82) is 0 Å². The van der Waals surface area contributed by atoms with E-state index in [1.54, 1.807) is 24.3 Å². The van der Waals surface area contributed by atoms with Crippen LogP contribution in [0.15, 0.2) is 57.5 Å². The number of benzene rings is 2. The van der Waals surface area contributed by atoms with E-state index < -0.39 is 11.1 Å². The van der Waals surface area contributed by atoms with Crippen molar-refractivity contribution < 1.29 is 18.1 Å². The molecule has 0 saturated carbocycles. The van der Waals surface area contributed by atoms with Crippen LogP contribution in [-0.2, 0) is 0 Å². The fraction of sp³-hybridized carbons (Fsp3) is 0.176. The zero-order valence-corrected chi connectivity index (χ0v) is 16.2. The quantitative estimate of drug-likeness (QED) is 0.209. The van der Waals surface area contributed by atoms with E-state index in [0.717, 1.165) is 16.0 Å². The molecule has 0 N–H and O–H groups in total. The number of nitro groups is 1. The molecular formula is C17H14ClF3N4O2S. The monoisotopic (exact) mass is 430 g/mol. The molecule has 0 aliphatic heterocycles. The molecule has 0 spiro atoms. The first-order valence-electron chi connectivity index (χ1n) is 7.63. The molecule has 2 aromatic carbocycles. The molecule has 0 fully saturated rings. The van der Waals surface area contributed by atoms with Gasteiger partial charge in [-0.15, -0.1) is 11.8 Å². The van der Waals surface area contributed by atoms with Crippen molar-refractivity contribution in [2.75, 3.05) is 18.3 Å². The zero-order valence-electron chi connectivity index (χ0n) is 14.6. The van der Waals surface area contributed by atoms with Crippen LogP contribution in [0.3, 0.4) is 0 Å². The summed E-state index contributed by atoms with van der Waals surface area (Å²) in [4.78, 5) is 15.2. The van der Waals surface area contributed by atoms with Crippen molar-refractivity contribution in [2.45, 2.75) is 11.1 Å². The smallest absolute Gasteiger partial charge is 0.270 e. The SMILES string of the molecule is CN=C(c1ccc([N+](=O)[O-])cc1Cl)N(/N=C/C(F)(F)F)c1ccc(SC)cc1. The van der Waals surface area contributed by atoms with E-state index in [9.17, 15) is 23.3 Å². The number of nitro benzene ring substituents is 1. The van der Waals surface area contributed by atoms with Crippen LogP contribution in [0.2, 0.25) is 5.02 Å². The first-order chi connectivity index (χ1) is 13.2. The fourth-order valence-corrected chi connectivity index (χ4v) is 2.89. The van der Waals surface area contributed by atoms with E-state index in [2.05, 4.69) is 10.1 Å². The highest BCUT2D eigenvalue weighted by molar-refractivity contribution is 7.98. The second kappa shape index (κ2) is 9.07. The topological polar surface area (TPSA) is 71.1 Å². The molecule has 148 valence electrons. The van der Waals surface area contributed by atoms with Gasteiger partial charge >= 0.3 is 6.18 Å². The molecule has 0 unspecified atom stereocenters. The van der Waals surface area contributed by atoms with Crippen molar-refractivity contribution in [2.24, 2.45) is 10.1 Å². The van der Waals surface area contributed by atoms with Crippen LogP contribution in [0.5, 0.6) is 0 Å². The lowest BCUT2D eigenvalue weighted by Crippen LogP contribution is -2.28. The Morgan fingerprint density at radius 2 is 1.89 bits per heavy atom. The average molecular weight is 431 g/mol. The minimum absolute atomic E-state index is 0.00250. The van der Waals surface area contributed by atoms with Gasteiger partial charge in [0.15, 0.2) is 5.84 Å². The first-order valence-corrected chi connectivity index (χ1v) is 9.23. The van der Waals surface area contributed by atoms with Crippen LogP contribution in [0, 0.1) is 10.1 Å². The average Bonchev–Trinajstić information content (AvgIpc) is 2.65. The Hall–Kier alpha value is -2.59. The second-order valence-corrected chi connectivity index (χ2v) is 6.55. The summed E-state index contributed by atoms with van der Waals surface area (Å²) < 4.78 is 38.2. The van der Waals surface area contributed by atoms with Crippen LogP contribution in [-0.4, -0.2) is 36.5 Å². The molecule has 0 aliphatic rings. The van der Waals surface area contributed by atoms with Gasteiger partial charge in [-0.2, -0.15) is 18.3 Å². The number of hydrogen-bond donors (Lipinski definition) is 0. The number of thioether (sulfide) groups is 1. The summed E-state index contributed by atoms with van der Waals surface area (Å²) in [6.07, 6.45) is -2.94. The van der Waals surface area contributed by atoms with Gasteiger partial charge in [-0.25, -0.2) is 5.01 Å². The summed E-state index contributed by atoms with van der Waals surface area (Å²) in [5, 5.41) is 15.3. The number of non-ortho nitro benzene ring substituents is 1. The van der Waals surface area contributed by atoms with Crippen LogP contribution in [0.1, 0.15) is 5.56 Å². The molecule has 28 heavy (non-hydrogen) atoms. The van der Waals surface area contributed by atoms with Gasteiger partial charge in [0.1, 0.15) is 6.21 Å². The largest absolute Gasteiger partial charge is 0.428 e. The minimum atomic E-state index is -4.64. The van der Waals surface area contributed by atoms with Crippen molar-refractivity contribution >= 4 is 46.8 Å². The zero-order chi connectivity index (χ0) is 20.9. The summed E-state index contributed by atoms with van der Waals surface area (Å²) in [5.74, 6) is -0.00250. The third-order valence-electron chi connectivity index (χ3n) is 3.45. The maximum atomic E-state index is 12.7. The highest BCUT2D eigenvalue weighted by Crippen LogP contribution is 2.28. The molecule has 0 amide bonds. The number of alkyl halides is 3. The van der Waals surface area contributed by atoms with E-state index in [0.29, 0.717) is 5.69 Å². The summed E-state index contributed by atoms with van der Waals surface area (Å²) in [7, 11) is 1.36. The Balaban J connectivity index is 2.56. The lowest BCUT2D eigenvalue weighted by molar-refractivity contribution is -0.384. The molecule has 6 nitrogen and oxygen atoms in total. The molecule has 0 aliphatic carbocycles. The maximum absolute atomic E-state index is 12.7. The van der Waals surface area contributed by atoms with Crippen LogP contribution in [0.4, 0.5) is 24.5 Å². The standard InChI is InChI=1S/C17H14ClF3N4O2S/c1-22-16(14-8-5-12(25(26)27)9-15(14)18)24(23-10-17(19,20)21)11-3-6-13(28-2)7-4-11/h3-10H,1-2H3/b22-16?,23-10+. The van der Waals surface area contributed by atoms with Gasteiger partial charge in [-0.1, -0.05) is 11.6 Å². The molecule has 0 heterocycles. The van der Waals surface area contributed by atoms with Crippen molar-refractivity contribution in [1.82, 2.24) is 0 Å². The molecule has 0 aromatic heterocycles. The van der Waals surface area contributed by atoms with Gasteiger partial charge in [0.2, 0.25) is 0 Å². The number of halogens is 4. The number of amidine groups is 1. The van der Waals surface area contributed by atoms with Crippen molar-refractivity contribution in [3.8, 4) is 0 Å². The van der Waals surface area contributed by atoms with Crippen LogP contribution in [0.25, 0.3) is 0 Å². The predicted octanol–water partition coefficient (Wildman–Crippen LogP) is 5.40. The number of rotatable bonds is 5. The Labute approximate surface area is 167 Å². The van der Waals surface area contributed by atoms with Gasteiger partial charge in [0, 0.05) is 29.6 Å². The molecule has 0 bridgehead atoms. The number of nitrogens with zero attached hydrogens (tertiary/aromatic N) is 4. The van der Waals surface area contributed by atoms with Gasteiger partial charge in [-0.3, -0.25) is 15.1 Å². The number of anilines is 1. The van der Waals surface area contributed by atoms with Crippen LogP contribution < -0.4 is 5.01 Å². The van der Waals surface area contributed by atoms with Gasteiger partial charge < -0.3 is 0 Å². The lowest BCUT2D eigenvalue weighted by atomic mass is 10.1. The Kier molecular flexibility index (Phi) is 7.03. The van der Waals surface area contributed by atoms with E-state index in [1.807, 2.05) is 6.26 Å². The highest BCUT2D eigenvalue weighted by atomic mass is 35.5. The van der Waals surface area contributed by atoms with Crippen molar-refractivity contribution in [3.05, 3.63) is 63.2 Å². The third-order valence-corrected chi connectivity index (χ3v) is 4.51. The predicted molar refractivity (Wildman–Crippen MR) is 106 cm³/mol. The summed E-state index contributed by atoms with van der Waals surface area (Å²) in [6.45, 7) is 0. The number of hydrazone groups is 1. The second-order valence-electron chi connectivity index (χ2n) is 5.26. The van der Waals surface area contributed by atoms with Crippen LogP contribution >= 0.6 is 23.4 Å². The van der Waals surface area contributed by atoms with Gasteiger partial charge in [0.05, 0.1) is 15.6 Å². The summed E-state index contributed by atoms with van der Waals surface area (Å²) in [6, 6.07) is 10.2. The maximum Gasteiger partial charge on any atom is 0.428 e. The molecule has 2 rings (SSSR count). The van der Waals surface area contributed by atoms with Gasteiger partial charge in [-0.05, 0) is 36.6 Å². The third kappa shape index (κ3) is 5.46. The molecular weight excluding hydrogens is 417 g/mol. The van der Waals surface area contributed by atoms with Gasteiger partial charge in [0.25, 0.3) is 5.69 Å². The molecule has 0 saturated heterocycles. The molecule has 2 aromatic rings.